The standard InChI is InChI=1S/C24H24N4O2/c1-2-9-22-25-23(19-11-4-3-5-12-19)26-28(22)17-18-10-8-15-27(16-18)21-14-7-6-13-20(21)24(29)30/h3-8,10-14,16H,2,9,15,17H2,1H3,(H,29,30). The molecule has 0 unspecified atom stereocenters. The predicted octanol–water partition coefficient (Wildman–Crippen LogP) is 4.56. The van der Waals surface area contributed by atoms with Gasteiger partial charge in [0.2, 0.25) is 0 Å². The average Bonchev–Trinajstić information content (AvgIpc) is 3.17. The van der Waals surface area contributed by atoms with Crippen molar-refractivity contribution in [3.05, 3.63) is 89.9 Å². The fraction of sp³-hybridized carbons (Fsp3) is 0.208. The number of anilines is 1. The number of aromatic carboxylic acids is 1. The Bertz CT molecular complexity index is 1100. The first-order valence-corrected chi connectivity index (χ1v) is 10.1. The van der Waals surface area contributed by atoms with E-state index in [0.29, 0.717) is 24.3 Å². The van der Waals surface area contributed by atoms with Crippen LogP contribution in [0.25, 0.3) is 11.4 Å². The van der Waals surface area contributed by atoms with Crippen molar-refractivity contribution in [2.45, 2.75) is 26.3 Å². The number of nitrogens with zero attached hydrogens (tertiary/aromatic N) is 4. The summed E-state index contributed by atoms with van der Waals surface area (Å²) in [6, 6.07) is 17.0. The second-order valence-electron chi connectivity index (χ2n) is 7.21. The molecule has 0 radical (unpaired) electrons. The van der Waals surface area contributed by atoms with Crippen molar-refractivity contribution in [1.29, 1.82) is 0 Å². The highest BCUT2D eigenvalue weighted by Crippen LogP contribution is 2.24. The molecule has 0 spiro atoms. The number of rotatable bonds is 7. The van der Waals surface area contributed by atoms with Crippen molar-refractivity contribution in [3.8, 4) is 11.4 Å². The van der Waals surface area contributed by atoms with Crippen molar-refractivity contribution in [3.63, 3.8) is 0 Å². The molecule has 1 aliphatic heterocycles. The lowest BCUT2D eigenvalue weighted by molar-refractivity contribution is 0.0697. The summed E-state index contributed by atoms with van der Waals surface area (Å²) in [7, 11) is 0. The Morgan fingerprint density at radius 2 is 1.87 bits per heavy atom. The van der Waals surface area contributed by atoms with E-state index in [1.165, 1.54) is 0 Å². The Hall–Kier alpha value is -3.67. The fourth-order valence-electron chi connectivity index (χ4n) is 3.57. The minimum atomic E-state index is -0.927. The van der Waals surface area contributed by atoms with Crippen LogP contribution in [0.2, 0.25) is 0 Å². The van der Waals surface area contributed by atoms with Gasteiger partial charge in [-0.3, -0.25) is 0 Å². The molecule has 6 heteroatoms. The predicted molar refractivity (Wildman–Crippen MR) is 117 cm³/mol. The van der Waals surface area contributed by atoms with E-state index in [4.69, 9.17) is 10.1 Å². The minimum absolute atomic E-state index is 0.294. The van der Waals surface area contributed by atoms with Crippen LogP contribution < -0.4 is 4.90 Å². The summed E-state index contributed by atoms with van der Waals surface area (Å²) in [6.45, 7) is 3.34. The zero-order chi connectivity index (χ0) is 20.9. The largest absolute Gasteiger partial charge is 0.478 e. The number of allylic oxidation sites excluding steroid dienone is 2. The summed E-state index contributed by atoms with van der Waals surface area (Å²) in [5, 5.41) is 14.3. The number of hydrogen-bond acceptors (Lipinski definition) is 4. The Morgan fingerprint density at radius 3 is 2.63 bits per heavy atom. The molecule has 0 atom stereocenters. The Labute approximate surface area is 175 Å². The number of carbonyl (C=O) groups is 1. The molecule has 4 rings (SSSR count). The summed E-state index contributed by atoms with van der Waals surface area (Å²) in [5.74, 6) is 0.755. The Morgan fingerprint density at radius 1 is 1.10 bits per heavy atom. The Balaban J connectivity index is 1.63. The van der Waals surface area contributed by atoms with Gasteiger partial charge in [0.1, 0.15) is 5.82 Å². The molecule has 0 aliphatic carbocycles. The lowest BCUT2D eigenvalue weighted by Crippen LogP contribution is -2.23. The van der Waals surface area contributed by atoms with E-state index in [0.717, 1.165) is 35.6 Å². The topological polar surface area (TPSA) is 71.2 Å². The molecule has 0 fully saturated rings. The molecule has 3 aromatic rings. The molecule has 1 aromatic heterocycles. The van der Waals surface area contributed by atoms with Gasteiger partial charge in [0.15, 0.2) is 5.82 Å². The van der Waals surface area contributed by atoms with E-state index >= 15 is 0 Å². The van der Waals surface area contributed by atoms with Crippen molar-refractivity contribution >= 4 is 11.7 Å². The summed E-state index contributed by atoms with van der Waals surface area (Å²) in [4.78, 5) is 18.3. The third-order valence-electron chi connectivity index (χ3n) is 4.99. The van der Waals surface area contributed by atoms with Crippen molar-refractivity contribution in [1.82, 2.24) is 14.8 Å². The van der Waals surface area contributed by atoms with Gasteiger partial charge in [-0.25, -0.2) is 14.5 Å². The minimum Gasteiger partial charge on any atom is -0.478 e. The van der Waals surface area contributed by atoms with Gasteiger partial charge < -0.3 is 10.0 Å². The van der Waals surface area contributed by atoms with Gasteiger partial charge >= 0.3 is 5.97 Å². The third kappa shape index (κ3) is 4.17. The summed E-state index contributed by atoms with van der Waals surface area (Å²) in [5.41, 5.74) is 3.02. The maximum atomic E-state index is 11.6. The van der Waals surface area contributed by atoms with Crippen LogP contribution in [0, 0.1) is 0 Å². The van der Waals surface area contributed by atoms with Crippen molar-refractivity contribution in [2.24, 2.45) is 0 Å². The molecular weight excluding hydrogens is 376 g/mol. The summed E-state index contributed by atoms with van der Waals surface area (Å²) < 4.78 is 1.95. The summed E-state index contributed by atoms with van der Waals surface area (Å²) >= 11 is 0. The summed E-state index contributed by atoms with van der Waals surface area (Å²) in [6.07, 6.45) is 7.95. The second-order valence-corrected chi connectivity index (χ2v) is 7.21. The fourth-order valence-corrected chi connectivity index (χ4v) is 3.57. The number of benzene rings is 2. The van der Waals surface area contributed by atoms with Gasteiger partial charge in [-0.1, -0.05) is 61.5 Å². The molecular formula is C24H24N4O2. The lowest BCUT2D eigenvalue weighted by Gasteiger charge is -2.25. The van der Waals surface area contributed by atoms with Gasteiger partial charge in [0.25, 0.3) is 0 Å². The Kier molecular flexibility index (Phi) is 5.75. The molecule has 1 N–H and O–H groups in total. The number of aromatic nitrogens is 3. The van der Waals surface area contributed by atoms with Gasteiger partial charge in [-0.05, 0) is 24.1 Å². The van der Waals surface area contributed by atoms with Crippen molar-refractivity contribution < 1.29 is 9.90 Å². The van der Waals surface area contributed by atoms with Crippen LogP contribution in [0.4, 0.5) is 5.69 Å². The maximum absolute atomic E-state index is 11.6. The van der Waals surface area contributed by atoms with Crippen LogP contribution in [-0.2, 0) is 13.0 Å². The maximum Gasteiger partial charge on any atom is 0.337 e. The van der Waals surface area contributed by atoms with Gasteiger partial charge in [0, 0.05) is 24.7 Å². The van der Waals surface area contributed by atoms with Crippen LogP contribution in [-0.4, -0.2) is 32.4 Å². The molecule has 0 amide bonds. The van der Waals surface area contributed by atoms with E-state index in [2.05, 4.69) is 13.0 Å². The average molecular weight is 400 g/mol. The van der Waals surface area contributed by atoms with E-state index in [-0.39, 0.29) is 0 Å². The number of carboxylic acids is 1. The normalized spacial score (nSPS) is 13.4. The zero-order valence-corrected chi connectivity index (χ0v) is 16.9. The number of hydrogen-bond donors (Lipinski definition) is 1. The molecule has 0 saturated heterocycles. The van der Waals surface area contributed by atoms with E-state index < -0.39 is 5.97 Å². The van der Waals surface area contributed by atoms with E-state index in [1.54, 1.807) is 12.1 Å². The SMILES string of the molecule is CCCc1nc(-c2ccccc2)nn1CC1=CN(c2ccccc2C(=O)O)CC=C1. The highest BCUT2D eigenvalue weighted by Gasteiger charge is 2.17. The van der Waals surface area contributed by atoms with Gasteiger partial charge in [-0.2, -0.15) is 5.10 Å². The molecule has 0 bridgehead atoms. The van der Waals surface area contributed by atoms with Crippen LogP contribution in [0.5, 0.6) is 0 Å². The monoisotopic (exact) mass is 400 g/mol. The highest BCUT2D eigenvalue weighted by atomic mass is 16.4. The molecule has 30 heavy (non-hydrogen) atoms. The van der Waals surface area contributed by atoms with E-state index in [9.17, 15) is 9.90 Å². The molecule has 0 saturated carbocycles. The zero-order valence-electron chi connectivity index (χ0n) is 16.9. The second kappa shape index (κ2) is 8.78. The quantitative estimate of drug-likeness (QED) is 0.630. The third-order valence-corrected chi connectivity index (χ3v) is 4.99. The van der Waals surface area contributed by atoms with Crippen LogP contribution >= 0.6 is 0 Å². The highest BCUT2D eigenvalue weighted by molar-refractivity contribution is 5.94. The van der Waals surface area contributed by atoms with Gasteiger partial charge in [-0.15, -0.1) is 0 Å². The first-order valence-electron chi connectivity index (χ1n) is 10.1. The van der Waals surface area contributed by atoms with Crippen LogP contribution in [0.15, 0.2) is 78.5 Å². The number of carboxylic acid groups (broad SMARTS) is 1. The first kappa shape index (κ1) is 19.6. The van der Waals surface area contributed by atoms with E-state index in [1.807, 2.05) is 64.3 Å². The van der Waals surface area contributed by atoms with Crippen LogP contribution in [0.1, 0.15) is 29.5 Å². The number of aryl methyl sites for hydroxylation is 1. The smallest absolute Gasteiger partial charge is 0.337 e. The van der Waals surface area contributed by atoms with Gasteiger partial charge in [0.05, 0.1) is 17.8 Å². The molecule has 1 aliphatic rings. The van der Waals surface area contributed by atoms with Crippen LogP contribution in [0.3, 0.4) is 0 Å². The molecule has 6 nitrogen and oxygen atoms in total. The number of para-hydroxylation sites is 1. The first-order chi connectivity index (χ1) is 14.7. The molecule has 2 aromatic carbocycles. The molecule has 2 heterocycles. The lowest BCUT2D eigenvalue weighted by atomic mass is 10.1. The molecule has 152 valence electrons. The van der Waals surface area contributed by atoms with Crippen molar-refractivity contribution in [2.75, 3.05) is 11.4 Å².